The number of nitrogens with two attached hydrogens (primary N) is 1. The lowest BCUT2D eigenvalue weighted by atomic mass is 9.80. The maximum Gasteiger partial charge on any atom is 0.222 e. The molecule has 1 fully saturated rings. The molecular formula is C12H19N3OS. The van der Waals surface area contributed by atoms with Crippen LogP contribution >= 0.6 is 11.3 Å². The van der Waals surface area contributed by atoms with Crippen molar-refractivity contribution in [3.63, 3.8) is 0 Å². The molecule has 1 saturated carbocycles. The van der Waals surface area contributed by atoms with Gasteiger partial charge in [0.15, 0.2) is 0 Å². The fraction of sp³-hybridized carbons (Fsp3) is 0.667. The summed E-state index contributed by atoms with van der Waals surface area (Å²) in [6, 6.07) is 0. The van der Waals surface area contributed by atoms with Crippen LogP contribution < -0.4 is 11.1 Å². The van der Waals surface area contributed by atoms with Crippen molar-refractivity contribution in [2.75, 3.05) is 0 Å². The second-order valence-corrected chi connectivity index (χ2v) is 5.78. The molecule has 0 bridgehead atoms. The van der Waals surface area contributed by atoms with Gasteiger partial charge in [-0.2, -0.15) is 0 Å². The third-order valence-corrected chi connectivity index (χ3v) is 4.06. The van der Waals surface area contributed by atoms with Crippen LogP contribution in [-0.4, -0.2) is 16.4 Å². The van der Waals surface area contributed by atoms with E-state index < -0.39 is 0 Å². The summed E-state index contributed by atoms with van der Waals surface area (Å²) < 4.78 is 0. The first-order valence-corrected chi connectivity index (χ1v) is 7.00. The van der Waals surface area contributed by atoms with Gasteiger partial charge in [0.25, 0.3) is 0 Å². The first-order valence-electron chi connectivity index (χ1n) is 6.12. The van der Waals surface area contributed by atoms with Gasteiger partial charge in [0, 0.05) is 23.5 Å². The predicted molar refractivity (Wildman–Crippen MR) is 68.6 cm³/mol. The number of nitrogens with one attached hydrogen (secondary N) is 1. The van der Waals surface area contributed by atoms with Gasteiger partial charge in [-0.15, -0.1) is 11.3 Å². The van der Waals surface area contributed by atoms with Crippen molar-refractivity contribution >= 4 is 17.2 Å². The van der Waals surface area contributed by atoms with Crippen molar-refractivity contribution < 1.29 is 4.79 Å². The Labute approximate surface area is 106 Å². The molecule has 0 spiro atoms. The van der Waals surface area contributed by atoms with Crippen LogP contribution in [0.25, 0.3) is 0 Å². The number of hydrogen-bond acceptors (Lipinski definition) is 4. The minimum Gasteiger partial charge on any atom is -0.350 e. The second kappa shape index (κ2) is 5.60. The van der Waals surface area contributed by atoms with E-state index in [0.29, 0.717) is 13.0 Å². The first kappa shape index (κ1) is 12.5. The predicted octanol–water partition coefficient (Wildman–Crippen LogP) is 1.81. The number of carbonyl (C=O) groups excluding carboxylic acids is 1. The normalized spacial score (nSPS) is 18.9. The molecule has 0 saturated heterocycles. The van der Waals surface area contributed by atoms with Gasteiger partial charge in [0.1, 0.15) is 5.01 Å². The van der Waals surface area contributed by atoms with Crippen molar-refractivity contribution in [1.82, 2.24) is 10.3 Å². The van der Waals surface area contributed by atoms with Crippen LogP contribution in [0.1, 0.15) is 43.5 Å². The Morgan fingerprint density at radius 2 is 2.24 bits per heavy atom. The summed E-state index contributed by atoms with van der Waals surface area (Å²) >= 11 is 1.55. The smallest absolute Gasteiger partial charge is 0.222 e. The van der Waals surface area contributed by atoms with Gasteiger partial charge < -0.3 is 11.1 Å². The molecule has 4 nitrogen and oxygen atoms in total. The Bertz CT molecular complexity index is 358. The number of carbonyl (C=O) groups is 1. The highest BCUT2D eigenvalue weighted by Crippen LogP contribution is 2.28. The standard InChI is InChI=1S/C12H19N3OS/c13-12(4-2-1-3-5-12)8-10(16)15-9-11-14-6-7-17-11/h6-7H,1-5,8-9,13H2,(H,15,16). The minimum absolute atomic E-state index is 0.0459. The SMILES string of the molecule is NC1(CC(=O)NCc2nccs2)CCCCC1. The molecule has 0 aromatic carbocycles. The van der Waals surface area contributed by atoms with Gasteiger partial charge in [-0.3, -0.25) is 4.79 Å². The third-order valence-electron chi connectivity index (χ3n) is 3.28. The molecule has 2 rings (SSSR count). The number of nitrogens with zero attached hydrogens (tertiary/aromatic N) is 1. The summed E-state index contributed by atoms with van der Waals surface area (Å²) in [5.74, 6) is 0.0459. The van der Waals surface area contributed by atoms with Crippen LogP contribution in [0.3, 0.4) is 0 Å². The molecule has 0 atom stereocenters. The van der Waals surface area contributed by atoms with Crippen molar-refractivity contribution in [3.8, 4) is 0 Å². The van der Waals surface area contributed by atoms with E-state index in [2.05, 4.69) is 10.3 Å². The molecule has 5 heteroatoms. The minimum atomic E-state index is -0.273. The average molecular weight is 253 g/mol. The Morgan fingerprint density at radius 3 is 2.88 bits per heavy atom. The molecular weight excluding hydrogens is 234 g/mol. The van der Waals surface area contributed by atoms with Crippen molar-refractivity contribution in [1.29, 1.82) is 0 Å². The average Bonchev–Trinajstić information content (AvgIpc) is 2.79. The molecule has 1 aliphatic rings. The number of hydrogen-bond donors (Lipinski definition) is 2. The van der Waals surface area contributed by atoms with Gasteiger partial charge >= 0.3 is 0 Å². The zero-order valence-electron chi connectivity index (χ0n) is 9.95. The van der Waals surface area contributed by atoms with E-state index in [1.54, 1.807) is 17.5 Å². The maximum absolute atomic E-state index is 11.8. The summed E-state index contributed by atoms with van der Waals surface area (Å²) in [6.07, 6.45) is 7.68. The summed E-state index contributed by atoms with van der Waals surface area (Å²) in [7, 11) is 0. The number of amides is 1. The molecule has 0 radical (unpaired) electrons. The molecule has 1 aromatic heterocycles. The molecule has 1 aliphatic carbocycles. The fourth-order valence-corrected chi connectivity index (χ4v) is 2.89. The number of aromatic nitrogens is 1. The fourth-order valence-electron chi connectivity index (χ4n) is 2.33. The zero-order chi connectivity index (χ0) is 12.1. The highest BCUT2D eigenvalue weighted by atomic mass is 32.1. The quantitative estimate of drug-likeness (QED) is 0.860. The Hall–Kier alpha value is -0.940. The van der Waals surface area contributed by atoms with Gasteiger partial charge in [0.05, 0.1) is 6.54 Å². The molecule has 17 heavy (non-hydrogen) atoms. The molecule has 1 aromatic rings. The lowest BCUT2D eigenvalue weighted by Crippen LogP contribution is -2.45. The summed E-state index contributed by atoms with van der Waals surface area (Å²) in [4.78, 5) is 15.9. The largest absolute Gasteiger partial charge is 0.350 e. The second-order valence-electron chi connectivity index (χ2n) is 4.80. The van der Waals surface area contributed by atoms with Crippen molar-refractivity contribution in [2.45, 2.75) is 50.6 Å². The van der Waals surface area contributed by atoms with Crippen LogP contribution in [0.4, 0.5) is 0 Å². The number of thiazole rings is 1. The Morgan fingerprint density at radius 1 is 1.47 bits per heavy atom. The summed E-state index contributed by atoms with van der Waals surface area (Å²) in [6.45, 7) is 0.520. The molecule has 1 heterocycles. The maximum atomic E-state index is 11.8. The van der Waals surface area contributed by atoms with E-state index >= 15 is 0 Å². The molecule has 94 valence electrons. The van der Waals surface area contributed by atoms with Crippen LogP contribution in [0, 0.1) is 0 Å². The van der Waals surface area contributed by atoms with Crippen LogP contribution in [-0.2, 0) is 11.3 Å². The van der Waals surface area contributed by atoms with Gasteiger partial charge in [0.2, 0.25) is 5.91 Å². The van der Waals surface area contributed by atoms with Crippen LogP contribution in [0.15, 0.2) is 11.6 Å². The van der Waals surface area contributed by atoms with E-state index in [4.69, 9.17) is 5.73 Å². The van der Waals surface area contributed by atoms with E-state index in [0.717, 1.165) is 30.7 Å². The van der Waals surface area contributed by atoms with E-state index in [1.807, 2.05) is 5.38 Å². The topological polar surface area (TPSA) is 68.0 Å². The van der Waals surface area contributed by atoms with Gasteiger partial charge in [-0.05, 0) is 12.8 Å². The van der Waals surface area contributed by atoms with Gasteiger partial charge in [-0.1, -0.05) is 19.3 Å². The number of rotatable bonds is 4. The Balaban J connectivity index is 1.76. The molecule has 1 amide bonds. The van der Waals surface area contributed by atoms with E-state index in [9.17, 15) is 4.79 Å². The highest BCUT2D eigenvalue weighted by Gasteiger charge is 2.29. The van der Waals surface area contributed by atoms with E-state index in [1.165, 1.54) is 6.42 Å². The highest BCUT2D eigenvalue weighted by molar-refractivity contribution is 7.09. The molecule has 0 unspecified atom stereocenters. The molecule has 3 N–H and O–H groups in total. The van der Waals surface area contributed by atoms with Crippen molar-refractivity contribution in [3.05, 3.63) is 16.6 Å². The molecule has 0 aliphatic heterocycles. The lowest BCUT2D eigenvalue weighted by molar-refractivity contribution is -0.122. The first-order chi connectivity index (χ1) is 8.18. The van der Waals surface area contributed by atoms with Crippen molar-refractivity contribution in [2.24, 2.45) is 5.73 Å². The zero-order valence-corrected chi connectivity index (χ0v) is 10.8. The van der Waals surface area contributed by atoms with E-state index in [-0.39, 0.29) is 11.4 Å². The van der Waals surface area contributed by atoms with Crippen LogP contribution in [0.5, 0.6) is 0 Å². The summed E-state index contributed by atoms with van der Waals surface area (Å²) in [5.41, 5.74) is 5.96. The summed E-state index contributed by atoms with van der Waals surface area (Å²) in [5, 5.41) is 5.73. The lowest BCUT2D eigenvalue weighted by Gasteiger charge is -2.32. The third kappa shape index (κ3) is 3.78. The Kier molecular flexibility index (Phi) is 4.12. The van der Waals surface area contributed by atoms with Crippen LogP contribution in [0.2, 0.25) is 0 Å². The monoisotopic (exact) mass is 253 g/mol. The van der Waals surface area contributed by atoms with Gasteiger partial charge in [-0.25, -0.2) is 4.98 Å².